The van der Waals surface area contributed by atoms with E-state index in [2.05, 4.69) is 15.4 Å². The maximum absolute atomic E-state index is 11.6. The first kappa shape index (κ1) is 19.1. The Bertz CT molecular complexity index is 1150. The van der Waals surface area contributed by atoms with Gasteiger partial charge in [0.15, 0.2) is 15.7 Å². The Morgan fingerprint density at radius 1 is 1.22 bits per heavy atom. The number of rotatable bonds is 5. The summed E-state index contributed by atoms with van der Waals surface area (Å²) in [5.41, 5.74) is 0.147. The molecule has 3 aromatic rings. The zero-order chi connectivity index (χ0) is 19.8. The SMILES string of the molecule is CS(=O)(=O)c1ccc(Nc2cnn(-c3ncc(Cl)cc3Cl)c2)c([N+](=O)[O-])c1. The minimum atomic E-state index is -3.57. The Hall–Kier alpha value is -2.69. The average Bonchev–Trinajstić information content (AvgIpc) is 3.02. The second-order valence-electron chi connectivity index (χ2n) is 5.47. The topological polar surface area (TPSA) is 120 Å². The molecule has 3 rings (SSSR count). The minimum Gasteiger partial charge on any atom is -0.347 e. The Balaban J connectivity index is 1.94. The van der Waals surface area contributed by atoms with Crippen LogP contribution in [0.15, 0.2) is 47.8 Å². The lowest BCUT2D eigenvalue weighted by atomic mass is 10.2. The average molecular weight is 428 g/mol. The highest BCUT2D eigenvalue weighted by Gasteiger charge is 2.19. The molecule has 0 spiro atoms. The van der Waals surface area contributed by atoms with Crippen LogP contribution in [-0.4, -0.2) is 34.4 Å². The summed E-state index contributed by atoms with van der Waals surface area (Å²) >= 11 is 11.9. The number of anilines is 2. The third-order valence-corrected chi connectivity index (χ3v) is 5.06. The van der Waals surface area contributed by atoms with Crippen LogP contribution < -0.4 is 5.32 Å². The number of hydrogen-bond acceptors (Lipinski definition) is 7. The van der Waals surface area contributed by atoms with Crippen molar-refractivity contribution in [1.29, 1.82) is 0 Å². The normalized spacial score (nSPS) is 11.4. The summed E-state index contributed by atoms with van der Waals surface area (Å²) in [7, 11) is -3.57. The molecule has 0 aliphatic carbocycles. The molecule has 0 aliphatic heterocycles. The number of benzene rings is 1. The second kappa shape index (κ2) is 7.14. The van der Waals surface area contributed by atoms with Gasteiger partial charge in [-0.25, -0.2) is 18.1 Å². The van der Waals surface area contributed by atoms with Gasteiger partial charge in [-0.05, 0) is 18.2 Å². The van der Waals surface area contributed by atoms with E-state index in [-0.39, 0.29) is 21.3 Å². The van der Waals surface area contributed by atoms with Crippen molar-refractivity contribution < 1.29 is 13.3 Å². The minimum absolute atomic E-state index is 0.113. The van der Waals surface area contributed by atoms with E-state index in [1.807, 2.05) is 0 Å². The fraction of sp³-hybridized carbons (Fsp3) is 0.0667. The lowest BCUT2D eigenvalue weighted by Gasteiger charge is -2.06. The molecule has 12 heteroatoms. The standard InChI is InChI=1S/C15H11Cl2N5O4S/c1-27(25,26)11-2-3-13(14(5-11)22(23)24)20-10-7-19-21(8-10)15-12(17)4-9(16)6-18-15/h2-8,20H,1H3. The van der Waals surface area contributed by atoms with Crippen LogP contribution in [0.5, 0.6) is 0 Å². The van der Waals surface area contributed by atoms with E-state index < -0.39 is 14.8 Å². The van der Waals surface area contributed by atoms with Gasteiger partial charge in [0.2, 0.25) is 0 Å². The molecule has 0 unspecified atom stereocenters. The summed E-state index contributed by atoms with van der Waals surface area (Å²) in [6, 6.07) is 5.11. The number of aromatic nitrogens is 3. The molecule has 2 aromatic heterocycles. The van der Waals surface area contributed by atoms with Crippen molar-refractivity contribution in [2.24, 2.45) is 0 Å². The molecule has 0 atom stereocenters. The highest BCUT2D eigenvalue weighted by Crippen LogP contribution is 2.30. The highest BCUT2D eigenvalue weighted by molar-refractivity contribution is 7.90. The first-order valence-electron chi connectivity index (χ1n) is 7.27. The molecular formula is C15H11Cl2N5O4S. The molecule has 1 N–H and O–H groups in total. The number of nitrogens with one attached hydrogen (secondary N) is 1. The van der Waals surface area contributed by atoms with E-state index in [0.29, 0.717) is 16.5 Å². The van der Waals surface area contributed by atoms with E-state index in [0.717, 1.165) is 12.3 Å². The number of hydrogen-bond donors (Lipinski definition) is 1. The summed E-state index contributed by atoms with van der Waals surface area (Å²) in [4.78, 5) is 14.6. The second-order valence-corrected chi connectivity index (χ2v) is 8.33. The van der Waals surface area contributed by atoms with Crippen LogP contribution in [0.2, 0.25) is 10.0 Å². The zero-order valence-electron chi connectivity index (χ0n) is 13.6. The third kappa shape index (κ3) is 4.18. The molecule has 2 heterocycles. The molecule has 0 saturated carbocycles. The lowest BCUT2D eigenvalue weighted by Crippen LogP contribution is -2.02. The zero-order valence-corrected chi connectivity index (χ0v) is 16.0. The van der Waals surface area contributed by atoms with E-state index in [4.69, 9.17) is 23.2 Å². The van der Waals surface area contributed by atoms with Gasteiger partial charge < -0.3 is 5.32 Å². The predicted molar refractivity (Wildman–Crippen MR) is 101 cm³/mol. The number of nitrogens with zero attached hydrogens (tertiary/aromatic N) is 4. The van der Waals surface area contributed by atoms with Crippen molar-refractivity contribution in [3.63, 3.8) is 0 Å². The van der Waals surface area contributed by atoms with Gasteiger partial charge >= 0.3 is 0 Å². The Kier molecular flexibility index (Phi) is 5.05. The van der Waals surface area contributed by atoms with Gasteiger partial charge in [-0.15, -0.1) is 0 Å². The van der Waals surface area contributed by atoms with Crippen molar-refractivity contribution in [2.75, 3.05) is 11.6 Å². The smallest absolute Gasteiger partial charge is 0.293 e. The number of halogens is 2. The van der Waals surface area contributed by atoms with Crippen LogP contribution in [0.3, 0.4) is 0 Å². The number of sulfone groups is 1. The van der Waals surface area contributed by atoms with Crippen LogP contribution in [0.1, 0.15) is 0 Å². The van der Waals surface area contributed by atoms with Crippen LogP contribution in [0.25, 0.3) is 5.82 Å². The van der Waals surface area contributed by atoms with Crippen molar-refractivity contribution in [2.45, 2.75) is 4.90 Å². The van der Waals surface area contributed by atoms with Crippen LogP contribution >= 0.6 is 23.2 Å². The summed E-state index contributed by atoms with van der Waals surface area (Å²) in [6.07, 6.45) is 5.33. The Morgan fingerprint density at radius 2 is 1.96 bits per heavy atom. The molecule has 0 saturated heterocycles. The Morgan fingerprint density at radius 3 is 2.59 bits per heavy atom. The van der Waals surface area contributed by atoms with E-state index in [9.17, 15) is 18.5 Å². The first-order valence-corrected chi connectivity index (χ1v) is 9.91. The monoisotopic (exact) mass is 427 g/mol. The number of nitro benzene ring substituents is 1. The molecule has 0 fully saturated rings. The van der Waals surface area contributed by atoms with E-state index in [1.165, 1.54) is 41.5 Å². The van der Waals surface area contributed by atoms with Gasteiger partial charge in [-0.3, -0.25) is 10.1 Å². The van der Waals surface area contributed by atoms with Crippen LogP contribution in [0, 0.1) is 10.1 Å². The fourth-order valence-electron chi connectivity index (χ4n) is 2.23. The molecule has 27 heavy (non-hydrogen) atoms. The first-order chi connectivity index (χ1) is 12.6. The van der Waals surface area contributed by atoms with Crippen molar-refractivity contribution in [3.05, 3.63) is 63.0 Å². The Labute approximate surface area is 163 Å². The van der Waals surface area contributed by atoms with Crippen LogP contribution in [0.4, 0.5) is 17.1 Å². The molecule has 0 radical (unpaired) electrons. The largest absolute Gasteiger partial charge is 0.347 e. The fourth-order valence-corrected chi connectivity index (χ4v) is 3.34. The summed E-state index contributed by atoms with van der Waals surface area (Å²) in [5.74, 6) is 0.330. The summed E-state index contributed by atoms with van der Waals surface area (Å²) in [6.45, 7) is 0. The van der Waals surface area contributed by atoms with E-state index >= 15 is 0 Å². The maximum Gasteiger partial charge on any atom is 0.293 e. The van der Waals surface area contributed by atoms with Crippen molar-refractivity contribution in [3.8, 4) is 5.82 Å². The summed E-state index contributed by atoms with van der Waals surface area (Å²) in [5, 5.41) is 18.9. The molecule has 0 aliphatic rings. The number of nitro groups is 1. The number of pyridine rings is 1. The van der Waals surface area contributed by atoms with Crippen molar-refractivity contribution in [1.82, 2.24) is 14.8 Å². The predicted octanol–water partition coefficient (Wildman–Crippen LogP) is 3.63. The third-order valence-electron chi connectivity index (χ3n) is 3.46. The quantitative estimate of drug-likeness (QED) is 0.487. The highest BCUT2D eigenvalue weighted by atomic mass is 35.5. The molecule has 1 aromatic carbocycles. The molecule has 9 nitrogen and oxygen atoms in total. The van der Waals surface area contributed by atoms with Gasteiger partial charge in [0, 0.05) is 18.5 Å². The molecule has 0 bridgehead atoms. The van der Waals surface area contributed by atoms with Gasteiger partial charge in [-0.1, -0.05) is 23.2 Å². The van der Waals surface area contributed by atoms with E-state index in [1.54, 1.807) is 0 Å². The lowest BCUT2D eigenvalue weighted by molar-refractivity contribution is -0.384. The molecule has 0 amide bonds. The van der Waals surface area contributed by atoms with Gasteiger partial charge in [0.05, 0.1) is 37.9 Å². The summed E-state index contributed by atoms with van der Waals surface area (Å²) < 4.78 is 24.6. The van der Waals surface area contributed by atoms with Gasteiger partial charge in [-0.2, -0.15) is 5.10 Å². The maximum atomic E-state index is 11.6. The van der Waals surface area contributed by atoms with Crippen molar-refractivity contribution >= 4 is 50.1 Å². The van der Waals surface area contributed by atoms with Crippen LogP contribution in [-0.2, 0) is 9.84 Å². The van der Waals surface area contributed by atoms with Gasteiger partial charge in [0.1, 0.15) is 5.69 Å². The van der Waals surface area contributed by atoms with Gasteiger partial charge in [0.25, 0.3) is 5.69 Å². The molecular weight excluding hydrogens is 417 g/mol. The molecule has 140 valence electrons.